The highest BCUT2D eigenvalue weighted by Gasteiger charge is 2.10. The van der Waals surface area contributed by atoms with Crippen molar-refractivity contribution in [2.45, 2.75) is 25.9 Å². The Morgan fingerprint density at radius 3 is 2.82 bits per heavy atom. The van der Waals surface area contributed by atoms with Gasteiger partial charge >= 0.3 is 0 Å². The van der Waals surface area contributed by atoms with Crippen LogP contribution >= 0.6 is 31.9 Å². The van der Waals surface area contributed by atoms with Crippen LogP contribution in [0.15, 0.2) is 27.1 Å². The van der Waals surface area contributed by atoms with Crippen LogP contribution in [0.3, 0.4) is 0 Å². The summed E-state index contributed by atoms with van der Waals surface area (Å²) >= 11 is 6.66. The Hall–Kier alpha value is -0.390. The van der Waals surface area contributed by atoms with E-state index >= 15 is 0 Å². The van der Waals surface area contributed by atoms with Gasteiger partial charge in [0.2, 0.25) is 0 Å². The summed E-state index contributed by atoms with van der Waals surface area (Å²) in [5.74, 6) is -0.138. The minimum atomic E-state index is -0.346. The zero-order chi connectivity index (χ0) is 12.8. The molecule has 0 aliphatic rings. The predicted octanol–water partition coefficient (Wildman–Crippen LogP) is 3.10. The van der Waals surface area contributed by atoms with E-state index < -0.39 is 0 Å². The second kappa shape index (κ2) is 7.13. The number of halogens is 2. The smallest absolute Gasteiger partial charge is 0.252 e. The van der Waals surface area contributed by atoms with E-state index in [1.54, 1.807) is 6.07 Å². The van der Waals surface area contributed by atoms with E-state index in [0.717, 1.165) is 8.95 Å². The molecule has 1 aromatic carbocycles. The van der Waals surface area contributed by atoms with Crippen LogP contribution in [0.2, 0.25) is 0 Å². The number of carbonyl (C=O) groups is 1. The molecule has 1 rings (SSSR count). The van der Waals surface area contributed by atoms with Crippen molar-refractivity contribution in [2.75, 3.05) is 6.54 Å². The molecule has 0 aliphatic heterocycles. The first-order valence-electron chi connectivity index (χ1n) is 5.46. The number of rotatable bonds is 5. The minimum Gasteiger partial charge on any atom is -0.393 e. The number of aliphatic hydroxyl groups is 1. The number of benzene rings is 1. The first-order valence-corrected chi connectivity index (χ1v) is 7.04. The highest BCUT2D eigenvalue weighted by Crippen LogP contribution is 2.21. The summed E-state index contributed by atoms with van der Waals surface area (Å²) in [7, 11) is 0. The van der Waals surface area contributed by atoms with Crippen LogP contribution in [-0.2, 0) is 0 Å². The zero-order valence-electron chi connectivity index (χ0n) is 9.54. The number of hydrogen-bond acceptors (Lipinski definition) is 2. The molecule has 17 heavy (non-hydrogen) atoms. The summed E-state index contributed by atoms with van der Waals surface area (Å²) in [5, 5.41) is 12.2. The average Bonchev–Trinajstić information content (AvgIpc) is 2.31. The summed E-state index contributed by atoms with van der Waals surface area (Å²) in [4.78, 5) is 11.8. The Kier molecular flexibility index (Phi) is 6.16. The Morgan fingerprint density at radius 2 is 2.18 bits per heavy atom. The van der Waals surface area contributed by atoms with Crippen molar-refractivity contribution in [3.8, 4) is 0 Å². The Bertz CT molecular complexity index is 396. The first-order chi connectivity index (χ1) is 8.04. The molecule has 0 bridgehead atoms. The lowest BCUT2D eigenvalue weighted by Crippen LogP contribution is -2.27. The fraction of sp³-hybridized carbons (Fsp3) is 0.417. The van der Waals surface area contributed by atoms with Gasteiger partial charge in [-0.25, -0.2) is 0 Å². The minimum absolute atomic E-state index is 0.138. The second-order valence-corrected chi connectivity index (χ2v) is 5.50. The molecule has 1 amide bonds. The lowest BCUT2D eigenvalue weighted by Gasteiger charge is -2.10. The predicted molar refractivity (Wildman–Crippen MR) is 75.1 cm³/mol. The van der Waals surface area contributed by atoms with Gasteiger partial charge in [0.1, 0.15) is 0 Å². The van der Waals surface area contributed by atoms with Crippen LogP contribution < -0.4 is 5.32 Å². The first kappa shape index (κ1) is 14.7. The fourth-order valence-electron chi connectivity index (χ4n) is 1.32. The quantitative estimate of drug-likeness (QED) is 0.843. The molecule has 1 atom stereocenters. The summed E-state index contributed by atoms with van der Waals surface area (Å²) in [5.41, 5.74) is 0.588. The Morgan fingerprint density at radius 1 is 1.47 bits per heavy atom. The van der Waals surface area contributed by atoms with Crippen molar-refractivity contribution in [2.24, 2.45) is 0 Å². The molecule has 0 radical (unpaired) electrons. The molecular weight excluding hydrogens is 350 g/mol. The van der Waals surface area contributed by atoms with Gasteiger partial charge in [0.25, 0.3) is 5.91 Å². The molecule has 0 heterocycles. The van der Waals surface area contributed by atoms with Gasteiger partial charge in [0, 0.05) is 15.5 Å². The molecule has 2 N–H and O–H groups in total. The van der Waals surface area contributed by atoms with Gasteiger partial charge in [0.15, 0.2) is 0 Å². The van der Waals surface area contributed by atoms with Crippen molar-refractivity contribution in [1.29, 1.82) is 0 Å². The van der Waals surface area contributed by atoms with Crippen molar-refractivity contribution < 1.29 is 9.90 Å². The van der Waals surface area contributed by atoms with Gasteiger partial charge in [-0.1, -0.05) is 22.9 Å². The largest absolute Gasteiger partial charge is 0.393 e. The Labute approximate surface area is 118 Å². The van der Waals surface area contributed by atoms with Crippen LogP contribution in [0.1, 0.15) is 30.1 Å². The molecule has 0 saturated carbocycles. The summed E-state index contributed by atoms with van der Waals surface area (Å²) in [6, 6.07) is 5.44. The van der Waals surface area contributed by atoms with Crippen molar-refractivity contribution >= 4 is 37.8 Å². The molecule has 0 aliphatic carbocycles. The van der Waals surface area contributed by atoms with E-state index in [9.17, 15) is 9.90 Å². The van der Waals surface area contributed by atoms with Crippen LogP contribution in [-0.4, -0.2) is 23.7 Å². The molecule has 0 fully saturated rings. The van der Waals surface area contributed by atoms with Gasteiger partial charge in [-0.15, -0.1) is 0 Å². The summed E-state index contributed by atoms with van der Waals surface area (Å²) < 4.78 is 1.62. The molecule has 0 aromatic heterocycles. The van der Waals surface area contributed by atoms with E-state index in [4.69, 9.17) is 0 Å². The van der Waals surface area contributed by atoms with Gasteiger partial charge < -0.3 is 10.4 Å². The zero-order valence-corrected chi connectivity index (χ0v) is 12.7. The topological polar surface area (TPSA) is 49.3 Å². The number of nitrogens with one attached hydrogen (secondary N) is 1. The lowest BCUT2D eigenvalue weighted by atomic mass is 10.2. The third-order valence-electron chi connectivity index (χ3n) is 2.41. The molecule has 0 saturated heterocycles. The normalized spacial score (nSPS) is 12.2. The maximum Gasteiger partial charge on any atom is 0.252 e. The monoisotopic (exact) mass is 363 g/mol. The number of amides is 1. The van der Waals surface area contributed by atoms with Crippen LogP contribution in [0.5, 0.6) is 0 Å². The van der Waals surface area contributed by atoms with Gasteiger partial charge in [-0.05, 0) is 47.0 Å². The standard InChI is InChI=1S/C12H15Br2NO2/c1-2-9(16)5-6-15-12(17)10-7-8(13)3-4-11(10)14/h3-4,7,9,16H,2,5-6H2,1H3,(H,15,17). The molecule has 1 aromatic rings. The van der Waals surface area contributed by atoms with Gasteiger partial charge in [-0.3, -0.25) is 4.79 Å². The van der Waals surface area contributed by atoms with Crippen molar-refractivity contribution in [1.82, 2.24) is 5.32 Å². The maximum absolute atomic E-state index is 11.8. The fourth-order valence-corrected chi connectivity index (χ4v) is 2.11. The molecule has 94 valence electrons. The maximum atomic E-state index is 11.8. The molecule has 0 spiro atoms. The van der Waals surface area contributed by atoms with E-state index in [2.05, 4.69) is 37.2 Å². The summed E-state index contributed by atoms with van der Waals surface area (Å²) in [6.45, 7) is 2.39. The molecule has 1 unspecified atom stereocenters. The van der Waals surface area contributed by atoms with Gasteiger partial charge in [-0.2, -0.15) is 0 Å². The van der Waals surface area contributed by atoms with Crippen LogP contribution in [0.4, 0.5) is 0 Å². The number of hydrogen-bond donors (Lipinski definition) is 2. The molecular formula is C12H15Br2NO2. The van der Waals surface area contributed by atoms with Crippen molar-refractivity contribution in [3.63, 3.8) is 0 Å². The van der Waals surface area contributed by atoms with E-state index in [-0.39, 0.29) is 12.0 Å². The molecule has 5 heteroatoms. The lowest BCUT2D eigenvalue weighted by molar-refractivity contribution is 0.0941. The Balaban J connectivity index is 2.55. The molecule has 3 nitrogen and oxygen atoms in total. The SMILES string of the molecule is CCC(O)CCNC(=O)c1cc(Br)ccc1Br. The third-order valence-corrected chi connectivity index (χ3v) is 3.59. The van der Waals surface area contributed by atoms with Crippen LogP contribution in [0, 0.1) is 0 Å². The number of aliphatic hydroxyl groups excluding tert-OH is 1. The second-order valence-electron chi connectivity index (χ2n) is 3.73. The van der Waals surface area contributed by atoms with Gasteiger partial charge in [0.05, 0.1) is 11.7 Å². The van der Waals surface area contributed by atoms with E-state index in [0.29, 0.717) is 24.9 Å². The van der Waals surface area contributed by atoms with E-state index in [1.807, 2.05) is 19.1 Å². The number of carbonyl (C=O) groups excluding carboxylic acids is 1. The van der Waals surface area contributed by atoms with Crippen LogP contribution in [0.25, 0.3) is 0 Å². The highest BCUT2D eigenvalue weighted by molar-refractivity contribution is 9.11. The highest BCUT2D eigenvalue weighted by atomic mass is 79.9. The van der Waals surface area contributed by atoms with E-state index in [1.165, 1.54) is 0 Å². The van der Waals surface area contributed by atoms with Crippen molar-refractivity contribution in [3.05, 3.63) is 32.7 Å². The third kappa shape index (κ3) is 4.77. The average molecular weight is 365 g/mol. The summed E-state index contributed by atoms with van der Waals surface area (Å²) in [6.07, 6.45) is 0.936.